The molecular formula is C17H18N2O3. The van der Waals surface area contributed by atoms with E-state index in [1.807, 2.05) is 30.3 Å². The molecule has 1 aromatic heterocycles. The van der Waals surface area contributed by atoms with Crippen molar-refractivity contribution < 1.29 is 14.0 Å². The van der Waals surface area contributed by atoms with Gasteiger partial charge in [0.25, 0.3) is 0 Å². The lowest BCUT2D eigenvalue weighted by Crippen LogP contribution is -2.32. The summed E-state index contributed by atoms with van der Waals surface area (Å²) in [6, 6.07) is 13.1. The van der Waals surface area contributed by atoms with E-state index in [-0.39, 0.29) is 18.9 Å². The van der Waals surface area contributed by atoms with Gasteiger partial charge in [-0.15, -0.1) is 0 Å². The Kier molecular flexibility index (Phi) is 5.54. The fourth-order valence-electron chi connectivity index (χ4n) is 1.96. The van der Waals surface area contributed by atoms with Crippen molar-refractivity contribution in [2.24, 2.45) is 5.73 Å². The average molecular weight is 298 g/mol. The molecule has 0 aliphatic heterocycles. The van der Waals surface area contributed by atoms with Crippen molar-refractivity contribution in [2.45, 2.75) is 13.0 Å². The molecule has 2 N–H and O–H groups in total. The number of benzene rings is 1. The standard InChI is InChI=1S/C17H18N2O3/c18-16(20)10-11-19(13-14-5-2-1-3-6-14)17(21)9-8-15-7-4-12-22-15/h1-9,12H,10-11,13H2,(H2,18,20). The van der Waals surface area contributed by atoms with Gasteiger partial charge in [0, 0.05) is 25.6 Å². The van der Waals surface area contributed by atoms with Gasteiger partial charge in [0.15, 0.2) is 0 Å². The summed E-state index contributed by atoms with van der Waals surface area (Å²) >= 11 is 0. The number of rotatable bonds is 7. The molecule has 0 unspecified atom stereocenters. The number of amides is 2. The Hall–Kier alpha value is -2.82. The van der Waals surface area contributed by atoms with E-state index in [1.165, 1.54) is 6.08 Å². The summed E-state index contributed by atoms with van der Waals surface area (Å²) in [6.45, 7) is 0.709. The monoisotopic (exact) mass is 298 g/mol. The number of carbonyl (C=O) groups excluding carboxylic acids is 2. The molecule has 0 atom stereocenters. The van der Waals surface area contributed by atoms with Crippen LogP contribution in [0.4, 0.5) is 0 Å². The third-order valence-corrected chi connectivity index (χ3v) is 3.09. The van der Waals surface area contributed by atoms with Crippen LogP contribution in [0.5, 0.6) is 0 Å². The molecule has 1 heterocycles. The van der Waals surface area contributed by atoms with E-state index in [1.54, 1.807) is 29.4 Å². The smallest absolute Gasteiger partial charge is 0.247 e. The van der Waals surface area contributed by atoms with E-state index in [0.717, 1.165) is 5.56 Å². The third kappa shape index (κ3) is 4.94. The highest BCUT2D eigenvalue weighted by molar-refractivity contribution is 5.91. The lowest BCUT2D eigenvalue weighted by atomic mass is 10.2. The summed E-state index contributed by atoms with van der Waals surface area (Å²) in [5.41, 5.74) is 6.17. The molecule has 22 heavy (non-hydrogen) atoms. The summed E-state index contributed by atoms with van der Waals surface area (Å²) in [5, 5.41) is 0. The van der Waals surface area contributed by atoms with Crippen LogP contribution in [-0.4, -0.2) is 23.3 Å². The van der Waals surface area contributed by atoms with E-state index in [0.29, 0.717) is 12.3 Å². The SMILES string of the molecule is NC(=O)CCN(Cc1ccccc1)C(=O)C=Cc1ccco1. The summed E-state index contributed by atoms with van der Waals surface area (Å²) in [5.74, 6) is -0.0229. The van der Waals surface area contributed by atoms with Gasteiger partial charge >= 0.3 is 0 Å². The second-order valence-electron chi connectivity index (χ2n) is 4.81. The highest BCUT2D eigenvalue weighted by atomic mass is 16.3. The zero-order chi connectivity index (χ0) is 15.8. The van der Waals surface area contributed by atoms with Crippen molar-refractivity contribution in [3.05, 3.63) is 66.1 Å². The summed E-state index contributed by atoms with van der Waals surface area (Å²) in [7, 11) is 0. The van der Waals surface area contributed by atoms with Crippen molar-refractivity contribution in [3.8, 4) is 0 Å². The maximum Gasteiger partial charge on any atom is 0.247 e. The number of carbonyl (C=O) groups is 2. The molecule has 5 nitrogen and oxygen atoms in total. The fourth-order valence-corrected chi connectivity index (χ4v) is 1.96. The largest absolute Gasteiger partial charge is 0.465 e. The minimum absolute atomic E-state index is 0.132. The molecule has 0 radical (unpaired) electrons. The summed E-state index contributed by atoms with van der Waals surface area (Å²) in [6.07, 6.45) is 4.71. The fraction of sp³-hybridized carbons (Fsp3) is 0.176. The first-order valence-electron chi connectivity index (χ1n) is 6.98. The average Bonchev–Trinajstić information content (AvgIpc) is 3.03. The minimum atomic E-state index is -0.430. The molecule has 0 fully saturated rings. The number of primary amides is 1. The zero-order valence-electron chi connectivity index (χ0n) is 12.1. The Morgan fingerprint density at radius 3 is 2.55 bits per heavy atom. The summed E-state index contributed by atoms with van der Waals surface area (Å²) in [4.78, 5) is 24.9. The van der Waals surface area contributed by atoms with Crippen LogP contribution < -0.4 is 5.73 Å². The topological polar surface area (TPSA) is 76.5 Å². The molecule has 0 aliphatic carbocycles. The lowest BCUT2D eigenvalue weighted by molar-refractivity contribution is -0.127. The van der Waals surface area contributed by atoms with Gasteiger partial charge in [0.2, 0.25) is 11.8 Å². The van der Waals surface area contributed by atoms with Gasteiger partial charge in [0.05, 0.1) is 6.26 Å². The Labute approximate surface area is 129 Å². The predicted octanol–water partition coefficient (Wildman–Crippen LogP) is 2.20. The number of nitrogens with zero attached hydrogens (tertiary/aromatic N) is 1. The van der Waals surface area contributed by atoms with Crippen LogP contribution in [0.25, 0.3) is 6.08 Å². The van der Waals surface area contributed by atoms with Crippen LogP contribution in [0.15, 0.2) is 59.2 Å². The molecule has 114 valence electrons. The predicted molar refractivity (Wildman–Crippen MR) is 83.4 cm³/mol. The number of nitrogens with two attached hydrogens (primary N) is 1. The van der Waals surface area contributed by atoms with Crippen molar-refractivity contribution in [2.75, 3.05) is 6.54 Å². The Morgan fingerprint density at radius 1 is 1.14 bits per heavy atom. The van der Waals surface area contributed by atoms with E-state index in [2.05, 4.69) is 0 Å². The molecule has 1 aromatic carbocycles. The van der Waals surface area contributed by atoms with Crippen LogP contribution in [0, 0.1) is 0 Å². The quantitative estimate of drug-likeness (QED) is 0.796. The second kappa shape index (κ2) is 7.83. The van der Waals surface area contributed by atoms with Crippen LogP contribution in [-0.2, 0) is 16.1 Å². The Bertz CT molecular complexity index is 633. The van der Waals surface area contributed by atoms with Gasteiger partial charge in [0.1, 0.15) is 5.76 Å². The van der Waals surface area contributed by atoms with Crippen LogP contribution >= 0.6 is 0 Å². The number of hydrogen-bond donors (Lipinski definition) is 1. The van der Waals surface area contributed by atoms with E-state index < -0.39 is 5.91 Å². The van der Waals surface area contributed by atoms with Crippen LogP contribution in [0.3, 0.4) is 0 Å². The van der Waals surface area contributed by atoms with Crippen molar-refractivity contribution >= 4 is 17.9 Å². The molecule has 2 rings (SSSR count). The van der Waals surface area contributed by atoms with Crippen molar-refractivity contribution in [1.29, 1.82) is 0 Å². The van der Waals surface area contributed by atoms with Gasteiger partial charge in [-0.1, -0.05) is 30.3 Å². The first kappa shape index (κ1) is 15.6. The molecular weight excluding hydrogens is 280 g/mol. The van der Waals surface area contributed by atoms with Crippen LogP contribution in [0.2, 0.25) is 0 Å². The maximum atomic E-state index is 12.3. The minimum Gasteiger partial charge on any atom is -0.465 e. The Balaban J connectivity index is 2.05. The maximum absolute atomic E-state index is 12.3. The molecule has 2 aromatic rings. The molecule has 0 aliphatic rings. The molecule has 0 spiro atoms. The van der Waals surface area contributed by atoms with Crippen molar-refractivity contribution in [3.63, 3.8) is 0 Å². The molecule has 0 bridgehead atoms. The number of hydrogen-bond acceptors (Lipinski definition) is 3. The van der Waals surface area contributed by atoms with Gasteiger partial charge in [-0.05, 0) is 23.8 Å². The van der Waals surface area contributed by atoms with Crippen molar-refractivity contribution in [1.82, 2.24) is 4.90 Å². The van der Waals surface area contributed by atoms with Gasteiger partial charge in [-0.3, -0.25) is 9.59 Å². The highest BCUT2D eigenvalue weighted by Gasteiger charge is 2.12. The highest BCUT2D eigenvalue weighted by Crippen LogP contribution is 2.08. The first-order valence-corrected chi connectivity index (χ1v) is 6.98. The molecule has 2 amide bonds. The first-order chi connectivity index (χ1) is 10.6. The molecule has 0 saturated heterocycles. The van der Waals surface area contributed by atoms with E-state index in [9.17, 15) is 9.59 Å². The third-order valence-electron chi connectivity index (χ3n) is 3.09. The normalized spacial score (nSPS) is 10.7. The van der Waals surface area contributed by atoms with Gasteiger partial charge < -0.3 is 15.1 Å². The second-order valence-corrected chi connectivity index (χ2v) is 4.81. The molecule has 5 heteroatoms. The van der Waals surface area contributed by atoms with Gasteiger partial charge in [-0.2, -0.15) is 0 Å². The van der Waals surface area contributed by atoms with Gasteiger partial charge in [-0.25, -0.2) is 0 Å². The van der Waals surface area contributed by atoms with E-state index >= 15 is 0 Å². The number of furan rings is 1. The van der Waals surface area contributed by atoms with E-state index in [4.69, 9.17) is 10.2 Å². The molecule has 0 saturated carbocycles. The summed E-state index contributed by atoms with van der Waals surface area (Å²) < 4.78 is 5.15. The zero-order valence-corrected chi connectivity index (χ0v) is 12.1. The lowest BCUT2D eigenvalue weighted by Gasteiger charge is -2.20. The van der Waals surface area contributed by atoms with Crippen LogP contribution in [0.1, 0.15) is 17.7 Å². The Morgan fingerprint density at radius 2 is 1.91 bits per heavy atom.